The Morgan fingerprint density at radius 2 is 2.00 bits per heavy atom. The fourth-order valence-corrected chi connectivity index (χ4v) is 4.31. The number of benzene rings is 1. The molecule has 144 valence electrons. The molecule has 27 heavy (non-hydrogen) atoms. The van der Waals surface area contributed by atoms with Crippen LogP contribution in [0.5, 0.6) is 0 Å². The first kappa shape index (κ1) is 18.1. The van der Waals surface area contributed by atoms with E-state index in [4.69, 9.17) is 4.52 Å². The van der Waals surface area contributed by atoms with Gasteiger partial charge in [0.2, 0.25) is 0 Å². The Hall–Kier alpha value is -2.26. The van der Waals surface area contributed by atoms with Crippen molar-refractivity contribution in [3.05, 3.63) is 36.0 Å². The van der Waals surface area contributed by atoms with Gasteiger partial charge in [0.15, 0.2) is 11.4 Å². The quantitative estimate of drug-likeness (QED) is 0.830. The van der Waals surface area contributed by atoms with Gasteiger partial charge >= 0.3 is 6.03 Å². The van der Waals surface area contributed by atoms with Crippen LogP contribution >= 0.6 is 11.8 Å². The Bertz CT molecular complexity index is 806. The topological polar surface area (TPSA) is 94.7 Å². The number of carbonyl (C=O) groups is 1. The zero-order valence-corrected chi connectivity index (χ0v) is 16.0. The number of hydrogen-bond donors (Lipinski definition) is 2. The normalized spacial score (nSPS) is 22.9. The summed E-state index contributed by atoms with van der Waals surface area (Å²) in [5.74, 6) is 2.93. The number of urea groups is 1. The third-order valence-electron chi connectivity index (χ3n) is 4.96. The number of nitrogens with one attached hydrogen (secondary N) is 1. The summed E-state index contributed by atoms with van der Waals surface area (Å²) in [7, 11) is 0. The van der Waals surface area contributed by atoms with E-state index < -0.39 is 5.60 Å². The molecule has 1 aromatic carbocycles. The molecule has 2 amide bonds. The second kappa shape index (κ2) is 7.40. The first-order chi connectivity index (χ1) is 13.0. The molecule has 1 atom stereocenters. The lowest BCUT2D eigenvalue weighted by Gasteiger charge is -2.28. The maximum atomic E-state index is 12.5. The van der Waals surface area contributed by atoms with Gasteiger partial charge in [-0.15, -0.1) is 0 Å². The molecule has 0 aliphatic carbocycles. The number of rotatable bonds is 3. The largest absolute Gasteiger partial charge is 0.378 e. The lowest BCUT2D eigenvalue weighted by atomic mass is 10.0. The minimum absolute atomic E-state index is 0.129. The van der Waals surface area contributed by atoms with E-state index in [0.29, 0.717) is 18.8 Å². The van der Waals surface area contributed by atoms with Gasteiger partial charge in [-0.1, -0.05) is 5.16 Å². The summed E-state index contributed by atoms with van der Waals surface area (Å²) >= 11 is 1.98. The second-order valence-electron chi connectivity index (χ2n) is 6.93. The van der Waals surface area contributed by atoms with Crippen molar-refractivity contribution in [3.8, 4) is 0 Å². The average Bonchev–Trinajstić information content (AvgIpc) is 3.30. The lowest BCUT2D eigenvalue weighted by Crippen LogP contribution is -2.37. The van der Waals surface area contributed by atoms with Crippen molar-refractivity contribution < 1.29 is 14.4 Å². The van der Waals surface area contributed by atoms with E-state index in [1.165, 1.54) is 5.69 Å². The molecule has 9 heteroatoms. The van der Waals surface area contributed by atoms with Gasteiger partial charge in [0, 0.05) is 48.9 Å². The smallest absolute Gasteiger partial charge is 0.321 e. The van der Waals surface area contributed by atoms with Crippen LogP contribution in [0.3, 0.4) is 0 Å². The van der Waals surface area contributed by atoms with Gasteiger partial charge in [-0.2, -0.15) is 16.7 Å². The first-order valence-electron chi connectivity index (χ1n) is 9.05. The van der Waals surface area contributed by atoms with Gasteiger partial charge in [-0.3, -0.25) is 0 Å². The number of anilines is 2. The summed E-state index contributed by atoms with van der Waals surface area (Å²) in [5, 5.41) is 17.3. The molecule has 8 nitrogen and oxygen atoms in total. The molecule has 0 spiro atoms. The van der Waals surface area contributed by atoms with Crippen LogP contribution in [0, 0.1) is 6.92 Å². The van der Waals surface area contributed by atoms with Gasteiger partial charge in [0.25, 0.3) is 5.89 Å². The number of thioether (sulfide) groups is 1. The highest BCUT2D eigenvalue weighted by atomic mass is 32.2. The van der Waals surface area contributed by atoms with E-state index in [-0.39, 0.29) is 18.5 Å². The molecule has 2 aromatic rings. The molecule has 0 radical (unpaired) electrons. The monoisotopic (exact) mass is 389 g/mol. The van der Waals surface area contributed by atoms with Crippen molar-refractivity contribution in [3.63, 3.8) is 0 Å². The number of carbonyl (C=O) groups excluding carboxylic acids is 1. The Morgan fingerprint density at radius 3 is 2.67 bits per heavy atom. The maximum absolute atomic E-state index is 12.5. The highest BCUT2D eigenvalue weighted by Crippen LogP contribution is 2.31. The Balaban J connectivity index is 1.36. The van der Waals surface area contributed by atoms with Crippen LogP contribution in [-0.2, 0) is 5.60 Å². The summed E-state index contributed by atoms with van der Waals surface area (Å²) in [6.07, 6.45) is 0.369. The van der Waals surface area contributed by atoms with Crippen LogP contribution in [0.2, 0.25) is 0 Å². The van der Waals surface area contributed by atoms with E-state index in [0.717, 1.165) is 30.3 Å². The van der Waals surface area contributed by atoms with Crippen molar-refractivity contribution >= 4 is 29.2 Å². The fraction of sp³-hybridized carbons (Fsp3) is 0.500. The van der Waals surface area contributed by atoms with Crippen molar-refractivity contribution in [1.82, 2.24) is 15.0 Å². The molecule has 2 N–H and O–H groups in total. The molecule has 2 aliphatic rings. The minimum atomic E-state index is -1.28. The standard InChI is InChI=1S/C18H23N5O3S/c1-13-19-16(26-21-13)18(25)6-7-23(12-18)17(24)20-14-2-4-15(5-3-14)22-8-10-27-11-9-22/h2-5,25H,6-12H2,1H3,(H,20,24)/t18-/m0/s1. The Kier molecular flexibility index (Phi) is 4.96. The summed E-state index contributed by atoms with van der Waals surface area (Å²) in [6, 6.07) is 7.65. The number of aryl methyl sites for hydroxylation is 1. The van der Waals surface area contributed by atoms with Gasteiger partial charge in [-0.25, -0.2) is 4.79 Å². The maximum Gasteiger partial charge on any atom is 0.321 e. The molecule has 1 aromatic heterocycles. The molecule has 2 saturated heterocycles. The molecular formula is C18H23N5O3S. The number of β-amino-alcohol motifs (C(OH)–C–C–N with tert-alkyl or cyclic N) is 1. The average molecular weight is 389 g/mol. The molecule has 3 heterocycles. The summed E-state index contributed by atoms with van der Waals surface area (Å²) in [6.45, 7) is 4.36. The van der Waals surface area contributed by atoms with Crippen LogP contribution in [0.1, 0.15) is 18.1 Å². The van der Waals surface area contributed by atoms with Gasteiger partial charge in [0.05, 0.1) is 6.54 Å². The van der Waals surface area contributed by atoms with Gasteiger partial charge < -0.3 is 24.7 Å². The SMILES string of the molecule is Cc1noc([C@]2(O)CCN(C(=O)Nc3ccc(N4CCSCC4)cc3)C2)n1. The second-order valence-corrected chi connectivity index (χ2v) is 8.15. The van der Waals surface area contributed by atoms with E-state index in [1.54, 1.807) is 11.8 Å². The van der Waals surface area contributed by atoms with Crippen molar-refractivity contribution in [2.75, 3.05) is 47.9 Å². The van der Waals surface area contributed by atoms with E-state index >= 15 is 0 Å². The van der Waals surface area contributed by atoms with Crippen LogP contribution in [0.15, 0.2) is 28.8 Å². The van der Waals surface area contributed by atoms with Crippen molar-refractivity contribution in [2.45, 2.75) is 18.9 Å². The van der Waals surface area contributed by atoms with Crippen LogP contribution in [0.4, 0.5) is 16.2 Å². The molecule has 2 aliphatic heterocycles. The van der Waals surface area contributed by atoms with E-state index in [9.17, 15) is 9.90 Å². The summed E-state index contributed by atoms with van der Waals surface area (Å²) in [4.78, 5) is 20.6. The third-order valence-corrected chi connectivity index (χ3v) is 5.90. The number of aromatic nitrogens is 2. The van der Waals surface area contributed by atoms with E-state index in [1.807, 2.05) is 36.0 Å². The molecule has 0 saturated carbocycles. The predicted molar refractivity (Wildman–Crippen MR) is 104 cm³/mol. The lowest BCUT2D eigenvalue weighted by molar-refractivity contribution is 0.0171. The molecule has 0 unspecified atom stereocenters. The summed E-state index contributed by atoms with van der Waals surface area (Å²) < 4.78 is 5.09. The van der Waals surface area contributed by atoms with Crippen LogP contribution in [0.25, 0.3) is 0 Å². The summed E-state index contributed by atoms with van der Waals surface area (Å²) in [5.41, 5.74) is 0.629. The minimum Gasteiger partial charge on any atom is -0.378 e. The number of hydrogen-bond acceptors (Lipinski definition) is 7. The first-order valence-corrected chi connectivity index (χ1v) is 10.2. The third kappa shape index (κ3) is 3.89. The van der Waals surface area contributed by atoms with E-state index in [2.05, 4.69) is 20.4 Å². The zero-order chi connectivity index (χ0) is 18.9. The predicted octanol–water partition coefficient (Wildman–Crippen LogP) is 2.06. The number of aliphatic hydroxyl groups is 1. The fourth-order valence-electron chi connectivity index (χ4n) is 3.41. The molecule has 4 rings (SSSR count). The number of amides is 2. The van der Waals surface area contributed by atoms with Gasteiger partial charge in [-0.05, 0) is 31.2 Å². The Morgan fingerprint density at radius 1 is 1.26 bits per heavy atom. The van der Waals surface area contributed by atoms with Gasteiger partial charge in [0.1, 0.15) is 0 Å². The molecule has 2 fully saturated rings. The van der Waals surface area contributed by atoms with Crippen LogP contribution in [-0.4, -0.2) is 63.9 Å². The highest BCUT2D eigenvalue weighted by molar-refractivity contribution is 7.99. The van der Waals surface area contributed by atoms with Crippen LogP contribution < -0.4 is 10.2 Å². The van der Waals surface area contributed by atoms with Crippen molar-refractivity contribution in [2.24, 2.45) is 0 Å². The highest BCUT2D eigenvalue weighted by Gasteiger charge is 2.44. The molecular weight excluding hydrogens is 366 g/mol. The number of likely N-dealkylation sites (tertiary alicyclic amines) is 1. The zero-order valence-electron chi connectivity index (χ0n) is 15.2. The van der Waals surface area contributed by atoms with Crippen molar-refractivity contribution in [1.29, 1.82) is 0 Å². The Labute approximate surface area is 161 Å². The molecule has 0 bridgehead atoms. The number of nitrogens with zero attached hydrogens (tertiary/aromatic N) is 4.